The molecule has 1 aliphatic rings. The Hall–Kier alpha value is -1.56. The quantitative estimate of drug-likeness (QED) is 0.900. The normalized spacial score (nSPS) is 19.6. The van der Waals surface area contributed by atoms with Gasteiger partial charge in [-0.15, -0.1) is 11.3 Å². The molecule has 2 atom stereocenters. The summed E-state index contributed by atoms with van der Waals surface area (Å²) in [5.41, 5.74) is 1.17. The van der Waals surface area contributed by atoms with Gasteiger partial charge in [0.05, 0.1) is 6.04 Å². The Morgan fingerprint density at radius 1 is 1.50 bits per heavy atom. The molecule has 5 nitrogen and oxygen atoms in total. The van der Waals surface area contributed by atoms with Gasteiger partial charge in [0.15, 0.2) is 0 Å². The molecule has 0 saturated carbocycles. The van der Waals surface area contributed by atoms with E-state index in [4.69, 9.17) is 5.11 Å². The van der Waals surface area contributed by atoms with Crippen molar-refractivity contribution < 1.29 is 14.7 Å². The van der Waals surface area contributed by atoms with Crippen molar-refractivity contribution in [3.63, 3.8) is 0 Å². The minimum atomic E-state index is -0.991. The number of nitrogens with one attached hydrogen (secondary N) is 1. The Bertz CT molecular complexity index is 512. The number of urea groups is 1. The number of rotatable bonds is 3. The topological polar surface area (TPSA) is 69.6 Å². The fourth-order valence-corrected chi connectivity index (χ4v) is 3.48. The Kier molecular flexibility index (Phi) is 4.32. The van der Waals surface area contributed by atoms with E-state index in [1.54, 1.807) is 30.1 Å². The van der Waals surface area contributed by atoms with Crippen LogP contribution in [0.4, 0.5) is 4.79 Å². The van der Waals surface area contributed by atoms with Crippen LogP contribution in [0.25, 0.3) is 0 Å². The first-order valence-electron chi connectivity index (χ1n) is 6.78. The maximum Gasteiger partial charge on any atom is 0.326 e. The van der Waals surface area contributed by atoms with Crippen molar-refractivity contribution in [3.8, 4) is 0 Å². The SMILES string of the molecule is CC(C)[C@@H](NC(=O)N1CCc2sccc2C1C)C(=O)O. The third-order valence-corrected chi connectivity index (χ3v) is 4.75. The van der Waals surface area contributed by atoms with E-state index in [1.807, 2.05) is 18.4 Å². The monoisotopic (exact) mass is 296 g/mol. The van der Waals surface area contributed by atoms with Crippen LogP contribution in [0.1, 0.15) is 37.3 Å². The zero-order valence-electron chi connectivity index (χ0n) is 11.9. The van der Waals surface area contributed by atoms with Gasteiger partial charge >= 0.3 is 12.0 Å². The lowest BCUT2D eigenvalue weighted by atomic mass is 10.0. The number of aliphatic carboxylic acids is 1. The van der Waals surface area contributed by atoms with Crippen molar-refractivity contribution in [2.75, 3.05) is 6.54 Å². The molecule has 0 aliphatic carbocycles. The lowest BCUT2D eigenvalue weighted by molar-refractivity contribution is -0.140. The molecule has 20 heavy (non-hydrogen) atoms. The number of nitrogens with zero attached hydrogens (tertiary/aromatic N) is 1. The Labute approximate surface area is 122 Å². The van der Waals surface area contributed by atoms with E-state index in [0.29, 0.717) is 6.54 Å². The summed E-state index contributed by atoms with van der Waals surface area (Å²) in [5, 5.41) is 13.8. The van der Waals surface area contributed by atoms with Gasteiger partial charge in [-0.2, -0.15) is 0 Å². The minimum absolute atomic E-state index is 0.00777. The van der Waals surface area contributed by atoms with Gasteiger partial charge in [0.1, 0.15) is 6.04 Å². The predicted molar refractivity (Wildman–Crippen MR) is 77.9 cm³/mol. The molecule has 6 heteroatoms. The molecular weight excluding hydrogens is 276 g/mol. The molecule has 2 rings (SSSR count). The zero-order chi connectivity index (χ0) is 14.9. The van der Waals surface area contributed by atoms with Crippen LogP contribution in [0.5, 0.6) is 0 Å². The molecular formula is C14H20N2O3S. The molecule has 1 unspecified atom stereocenters. The second kappa shape index (κ2) is 5.83. The largest absolute Gasteiger partial charge is 0.480 e. The number of hydrogen-bond acceptors (Lipinski definition) is 3. The molecule has 2 amide bonds. The molecule has 0 spiro atoms. The Balaban J connectivity index is 2.09. The molecule has 0 aromatic carbocycles. The number of carbonyl (C=O) groups is 2. The smallest absolute Gasteiger partial charge is 0.326 e. The average Bonchev–Trinajstić information content (AvgIpc) is 2.84. The number of amides is 2. The number of hydrogen-bond donors (Lipinski definition) is 2. The predicted octanol–water partition coefficient (Wildman–Crippen LogP) is 2.49. The van der Waals surface area contributed by atoms with Crippen molar-refractivity contribution in [2.24, 2.45) is 5.92 Å². The van der Waals surface area contributed by atoms with E-state index in [0.717, 1.165) is 6.42 Å². The van der Waals surface area contributed by atoms with Crippen molar-refractivity contribution in [2.45, 2.75) is 39.3 Å². The van der Waals surface area contributed by atoms with Crippen LogP contribution in [0.3, 0.4) is 0 Å². The van der Waals surface area contributed by atoms with Gasteiger partial charge in [0, 0.05) is 11.4 Å². The van der Waals surface area contributed by atoms with E-state index in [2.05, 4.69) is 5.32 Å². The van der Waals surface area contributed by atoms with Crippen LogP contribution in [0, 0.1) is 5.92 Å². The van der Waals surface area contributed by atoms with Gasteiger partial charge in [-0.25, -0.2) is 9.59 Å². The lowest BCUT2D eigenvalue weighted by Gasteiger charge is -2.34. The summed E-state index contributed by atoms with van der Waals surface area (Å²) in [4.78, 5) is 26.5. The van der Waals surface area contributed by atoms with Crippen molar-refractivity contribution in [3.05, 3.63) is 21.9 Å². The molecule has 0 bridgehead atoms. The Morgan fingerprint density at radius 3 is 2.80 bits per heavy atom. The number of carboxylic acid groups (broad SMARTS) is 1. The van der Waals surface area contributed by atoms with Crippen LogP contribution in [-0.2, 0) is 11.2 Å². The van der Waals surface area contributed by atoms with Gasteiger partial charge in [0.2, 0.25) is 0 Å². The summed E-state index contributed by atoms with van der Waals surface area (Å²) >= 11 is 1.71. The lowest BCUT2D eigenvalue weighted by Crippen LogP contribution is -2.52. The molecule has 1 aliphatic heterocycles. The van der Waals surface area contributed by atoms with Gasteiger partial charge < -0.3 is 15.3 Å². The van der Waals surface area contributed by atoms with Crippen LogP contribution < -0.4 is 5.32 Å². The number of fused-ring (bicyclic) bond motifs is 1. The number of thiophene rings is 1. The molecule has 0 saturated heterocycles. The molecule has 0 radical (unpaired) electrons. The second-order valence-electron chi connectivity index (χ2n) is 5.43. The zero-order valence-corrected chi connectivity index (χ0v) is 12.7. The molecule has 1 aromatic heterocycles. The fourth-order valence-electron chi connectivity index (χ4n) is 2.52. The summed E-state index contributed by atoms with van der Waals surface area (Å²) in [6.45, 7) is 6.19. The first-order valence-corrected chi connectivity index (χ1v) is 7.66. The van der Waals surface area contributed by atoms with E-state index in [1.165, 1.54) is 10.4 Å². The van der Waals surface area contributed by atoms with Crippen LogP contribution >= 0.6 is 11.3 Å². The van der Waals surface area contributed by atoms with Crippen LogP contribution in [0.15, 0.2) is 11.4 Å². The fraction of sp³-hybridized carbons (Fsp3) is 0.571. The molecule has 1 aromatic rings. The van der Waals surface area contributed by atoms with Gasteiger partial charge in [0.25, 0.3) is 0 Å². The molecule has 110 valence electrons. The maximum atomic E-state index is 12.3. The van der Waals surface area contributed by atoms with Gasteiger partial charge in [-0.05, 0) is 36.3 Å². The highest BCUT2D eigenvalue weighted by molar-refractivity contribution is 7.10. The van der Waals surface area contributed by atoms with Crippen molar-refractivity contribution in [1.29, 1.82) is 0 Å². The van der Waals surface area contributed by atoms with Crippen molar-refractivity contribution in [1.82, 2.24) is 10.2 Å². The summed E-state index contributed by atoms with van der Waals surface area (Å²) < 4.78 is 0. The van der Waals surface area contributed by atoms with E-state index < -0.39 is 12.0 Å². The van der Waals surface area contributed by atoms with Crippen molar-refractivity contribution >= 4 is 23.3 Å². The molecule has 2 N–H and O–H groups in total. The molecule has 2 heterocycles. The third kappa shape index (κ3) is 2.80. The van der Waals surface area contributed by atoms with E-state index >= 15 is 0 Å². The molecule has 0 fully saturated rings. The minimum Gasteiger partial charge on any atom is -0.480 e. The highest BCUT2D eigenvalue weighted by atomic mass is 32.1. The van der Waals surface area contributed by atoms with E-state index in [9.17, 15) is 9.59 Å². The average molecular weight is 296 g/mol. The van der Waals surface area contributed by atoms with E-state index in [-0.39, 0.29) is 18.0 Å². The highest BCUT2D eigenvalue weighted by Crippen LogP contribution is 2.32. The Morgan fingerprint density at radius 2 is 2.20 bits per heavy atom. The summed E-state index contributed by atoms with van der Waals surface area (Å²) in [7, 11) is 0. The van der Waals surface area contributed by atoms with Gasteiger partial charge in [-0.1, -0.05) is 13.8 Å². The van der Waals surface area contributed by atoms with Gasteiger partial charge in [-0.3, -0.25) is 0 Å². The number of carboxylic acids is 1. The maximum absolute atomic E-state index is 12.3. The summed E-state index contributed by atoms with van der Waals surface area (Å²) in [6.07, 6.45) is 0.837. The first kappa shape index (κ1) is 14.8. The van der Waals surface area contributed by atoms with Crippen LogP contribution in [0.2, 0.25) is 0 Å². The number of carbonyl (C=O) groups excluding carboxylic acids is 1. The summed E-state index contributed by atoms with van der Waals surface area (Å²) in [5.74, 6) is -1.14. The standard InChI is InChI=1S/C14H20N2O3S/c1-8(2)12(13(17)18)15-14(19)16-6-4-11-10(9(16)3)5-7-20-11/h5,7-9,12H,4,6H2,1-3H3,(H,15,19)(H,17,18)/t9?,12-/m1/s1. The third-order valence-electron chi connectivity index (χ3n) is 3.75. The summed E-state index contributed by atoms with van der Waals surface area (Å²) in [6, 6.07) is 0.891. The van der Waals surface area contributed by atoms with Crippen LogP contribution in [-0.4, -0.2) is 34.6 Å². The first-order chi connectivity index (χ1) is 9.41. The highest BCUT2D eigenvalue weighted by Gasteiger charge is 2.31. The second-order valence-corrected chi connectivity index (χ2v) is 6.43.